The van der Waals surface area contributed by atoms with Gasteiger partial charge in [0.05, 0.1) is 5.92 Å². The van der Waals surface area contributed by atoms with E-state index < -0.39 is 0 Å². The second-order valence-electron chi connectivity index (χ2n) is 5.61. The van der Waals surface area contributed by atoms with E-state index in [-0.39, 0.29) is 11.9 Å². The SMILES string of the molecule is CC(CN1CCN[C@@H](C)C1)C(=O)OCc1ccccc1. The summed E-state index contributed by atoms with van der Waals surface area (Å²) in [5, 5.41) is 3.40. The fourth-order valence-electron chi connectivity index (χ4n) is 2.51. The molecule has 1 fully saturated rings. The minimum Gasteiger partial charge on any atom is -0.461 e. The Morgan fingerprint density at radius 2 is 2.20 bits per heavy atom. The van der Waals surface area contributed by atoms with Crippen LogP contribution in [0.5, 0.6) is 0 Å². The van der Waals surface area contributed by atoms with E-state index in [4.69, 9.17) is 4.74 Å². The van der Waals surface area contributed by atoms with Crippen molar-refractivity contribution in [2.75, 3.05) is 26.2 Å². The molecule has 1 aromatic rings. The maximum atomic E-state index is 12.0. The Balaban J connectivity index is 1.74. The first-order chi connectivity index (χ1) is 9.65. The average molecular weight is 276 g/mol. The third-order valence-corrected chi connectivity index (χ3v) is 3.61. The zero-order valence-corrected chi connectivity index (χ0v) is 12.3. The van der Waals surface area contributed by atoms with E-state index in [0.717, 1.165) is 31.7 Å². The quantitative estimate of drug-likeness (QED) is 0.831. The molecule has 1 saturated heterocycles. The number of carbonyl (C=O) groups excluding carboxylic acids is 1. The number of hydrogen-bond donors (Lipinski definition) is 1. The number of hydrogen-bond acceptors (Lipinski definition) is 4. The lowest BCUT2D eigenvalue weighted by molar-refractivity contribution is -0.150. The molecule has 2 rings (SSSR count). The molecular weight excluding hydrogens is 252 g/mol. The number of esters is 1. The van der Waals surface area contributed by atoms with Crippen LogP contribution in [-0.4, -0.2) is 43.1 Å². The Labute approximate surface area is 121 Å². The Morgan fingerprint density at radius 3 is 2.90 bits per heavy atom. The second-order valence-corrected chi connectivity index (χ2v) is 5.61. The molecule has 4 heteroatoms. The molecule has 0 spiro atoms. The van der Waals surface area contributed by atoms with Gasteiger partial charge in [0.15, 0.2) is 0 Å². The van der Waals surface area contributed by atoms with Gasteiger partial charge < -0.3 is 10.1 Å². The molecule has 1 aliphatic rings. The van der Waals surface area contributed by atoms with E-state index in [1.807, 2.05) is 37.3 Å². The highest BCUT2D eigenvalue weighted by Crippen LogP contribution is 2.08. The lowest BCUT2D eigenvalue weighted by Crippen LogP contribution is -2.50. The molecule has 1 unspecified atom stereocenters. The molecule has 20 heavy (non-hydrogen) atoms. The van der Waals surface area contributed by atoms with Crippen LogP contribution in [0.3, 0.4) is 0 Å². The van der Waals surface area contributed by atoms with Crippen LogP contribution in [0.2, 0.25) is 0 Å². The number of nitrogens with zero attached hydrogens (tertiary/aromatic N) is 1. The maximum absolute atomic E-state index is 12.0. The summed E-state index contributed by atoms with van der Waals surface area (Å²) in [4.78, 5) is 14.3. The van der Waals surface area contributed by atoms with E-state index in [1.165, 1.54) is 0 Å². The Morgan fingerprint density at radius 1 is 1.45 bits per heavy atom. The highest BCUT2D eigenvalue weighted by Gasteiger charge is 2.22. The first kappa shape index (κ1) is 15.0. The third-order valence-electron chi connectivity index (χ3n) is 3.61. The molecule has 4 nitrogen and oxygen atoms in total. The lowest BCUT2D eigenvalue weighted by atomic mass is 10.1. The Bertz CT molecular complexity index is 422. The Kier molecular flexibility index (Phi) is 5.56. The zero-order chi connectivity index (χ0) is 14.4. The van der Waals surface area contributed by atoms with Crippen molar-refractivity contribution in [1.82, 2.24) is 10.2 Å². The molecular formula is C16H24N2O2. The van der Waals surface area contributed by atoms with Crippen LogP contribution in [0.1, 0.15) is 19.4 Å². The van der Waals surface area contributed by atoms with Crippen LogP contribution < -0.4 is 5.32 Å². The highest BCUT2D eigenvalue weighted by molar-refractivity contribution is 5.72. The summed E-state index contributed by atoms with van der Waals surface area (Å²) >= 11 is 0. The Hall–Kier alpha value is -1.39. The molecule has 2 atom stereocenters. The van der Waals surface area contributed by atoms with Crippen LogP contribution in [0.15, 0.2) is 30.3 Å². The lowest BCUT2D eigenvalue weighted by Gasteiger charge is -2.33. The largest absolute Gasteiger partial charge is 0.461 e. The van der Waals surface area contributed by atoms with Crippen LogP contribution in [0, 0.1) is 5.92 Å². The van der Waals surface area contributed by atoms with Gasteiger partial charge in [-0.25, -0.2) is 0 Å². The summed E-state index contributed by atoms with van der Waals surface area (Å²) in [7, 11) is 0. The zero-order valence-electron chi connectivity index (χ0n) is 12.3. The van der Waals surface area contributed by atoms with Gasteiger partial charge in [0.2, 0.25) is 0 Å². The maximum Gasteiger partial charge on any atom is 0.310 e. The minimum absolute atomic E-state index is 0.0796. The molecule has 1 aromatic carbocycles. The van der Waals surface area contributed by atoms with Gasteiger partial charge in [0.25, 0.3) is 0 Å². The van der Waals surface area contributed by atoms with E-state index in [0.29, 0.717) is 12.6 Å². The molecule has 1 heterocycles. The fraction of sp³-hybridized carbons (Fsp3) is 0.562. The second kappa shape index (κ2) is 7.41. The number of benzene rings is 1. The number of ether oxygens (including phenoxy) is 1. The first-order valence-corrected chi connectivity index (χ1v) is 7.31. The summed E-state index contributed by atoms with van der Waals surface area (Å²) in [6.07, 6.45) is 0. The molecule has 1 aliphatic heterocycles. The van der Waals surface area contributed by atoms with E-state index in [1.54, 1.807) is 0 Å². The van der Waals surface area contributed by atoms with E-state index in [2.05, 4.69) is 17.1 Å². The number of nitrogens with one attached hydrogen (secondary N) is 1. The standard InChI is InChI=1S/C16H24N2O2/c1-13(10-18-9-8-17-14(2)11-18)16(19)20-12-15-6-4-3-5-7-15/h3-7,13-14,17H,8-12H2,1-2H3/t13?,14-/m0/s1. The molecule has 0 amide bonds. The van der Waals surface area contributed by atoms with E-state index in [9.17, 15) is 4.79 Å². The molecule has 110 valence electrons. The number of piperazine rings is 1. The number of rotatable bonds is 5. The minimum atomic E-state index is -0.111. The van der Waals surface area contributed by atoms with Crippen LogP contribution >= 0.6 is 0 Å². The van der Waals surface area contributed by atoms with Gasteiger partial charge in [0, 0.05) is 32.2 Å². The summed E-state index contributed by atoms with van der Waals surface area (Å²) in [5.74, 6) is -0.191. The van der Waals surface area contributed by atoms with Gasteiger partial charge in [0.1, 0.15) is 6.61 Å². The normalized spacial score (nSPS) is 21.4. The summed E-state index contributed by atoms with van der Waals surface area (Å²) < 4.78 is 5.38. The summed E-state index contributed by atoms with van der Waals surface area (Å²) in [6, 6.07) is 10.3. The first-order valence-electron chi connectivity index (χ1n) is 7.31. The van der Waals surface area contributed by atoms with Crippen molar-refractivity contribution >= 4 is 5.97 Å². The molecule has 0 aliphatic carbocycles. The van der Waals surface area contributed by atoms with Gasteiger partial charge >= 0.3 is 5.97 Å². The monoisotopic (exact) mass is 276 g/mol. The van der Waals surface area contributed by atoms with Crippen molar-refractivity contribution in [2.45, 2.75) is 26.5 Å². The molecule has 0 radical (unpaired) electrons. The van der Waals surface area contributed by atoms with Crippen LogP contribution in [-0.2, 0) is 16.1 Å². The predicted octanol–water partition coefficient (Wildman–Crippen LogP) is 1.66. The van der Waals surface area contributed by atoms with Crippen molar-refractivity contribution < 1.29 is 9.53 Å². The smallest absolute Gasteiger partial charge is 0.310 e. The highest BCUT2D eigenvalue weighted by atomic mass is 16.5. The average Bonchev–Trinajstić information content (AvgIpc) is 2.46. The van der Waals surface area contributed by atoms with Crippen molar-refractivity contribution in [1.29, 1.82) is 0 Å². The number of carbonyl (C=O) groups is 1. The van der Waals surface area contributed by atoms with E-state index >= 15 is 0 Å². The van der Waals surface area contributed by atoms with Gasteiger partial charge in [-0.05, 0) is 12.5 Å². The van der Waals surface area contributed by atoms with Crippen molar-refractivity contribution in [3.05, 3.63) is 35.9 Å². The van der Waals surface area contributed by atoms with Gasteiger partial charge in [-0.2, -0.15) is 0 Å². The van der Waals surface area contributed by atoms with Crippen LogP contribution in [0.4, 0.5) is 0 Å². The topological polar surface area (TPSA) is 41.6 Å². The van der Waals surface area contributed by atoms with Crippen molar-refractivity contribution in [2.24, 2.45) is 5.92 Å². The molecule has 0 saturated carbocycles. The predicted molar refractivity (Wildman–Crippen MR) is 79.3 cm³/mol. The van der Waals surface area contributed by atoms with Gasteiger partial charge in [-0.1, -0.05) is 37.3 Å². The van der Waals surface area contributed by atoms with Crippen molar-refractivity contribution in [3.63, 3.8) is 0 Å². The summed E-state index contributed by atoms with van der Waals surface area (Å²) in [6.45, 7) is 8.25. The van der Waals surface area contributed by atoms with Crippen LogP contribution in [0.25, 0.3) is 0 Å². The summed E-state index contributed by atoms with van der Waals surface area (Å²) in [5.41, 5.74) is 1.03. The van der Waals surface area contributed by atoms with Gasteiger partial charge in [-0.15, -0.1) is 0 Å². The molecule has 1 N–H and O–H groups in total. The molecule has 0 aromatic heterocycles. The third kappa shape index (κ3) is 4.62. The molecule has 0 bridgehead atoms. The fourth-order valence-corrected chi connectivity index (χ4v) is 2.51. The van der Waals surface area contributed by atoms with Crippen molar-refractivity contribution in [3.8, 4) is 0 Å². The van der Waals surface area contributed by atoms with Gasteiger partial charge in [-0.3, -0.25) is 9.69 Å².